The number of para-hydroxylation sites is 2. The molecule has 0 fully saturated rings. The van der Waals surface area contributed by atoms with E-state index >= 15 is 0 Å². The maximum atomic E-state index is 5.71. The molecule has 0 heterocycles. The first kappa shape index (κ1) is 9.39. The molecule has 0 aliphatic carbocycles. The molecular formula is C12H9LiO. The van der Waals surface area contributed by atoms with Crippen molar-refractivity contribution in [3.05, 3.63) is 54.6 Å². The first-order valence-corrected chi connectivity index (χ1v) is 4.65. The van der Waals surface area contributed by atoms with Gasteiger partial charge in [0.2, 0.25) is 0 Å². The fourth-order valence-electron chi connectivity index (χ4n) is 1.29. The monoisotopic (exact) mass is 176 g/mol. The first-order valence-electron chi connectivity index (χ1n) is 4.65. The van der Waals surface area contributed by atoms with Crippen molar-refractivity contribution in [2.75, 3.05) is 0 Å². The van der Waals surface area contributed by atoms with Gasteiger partial charge in [-0.05, 0) is 0 Å². The van der Waals surface area contributed by atoms with Gasteiger partial charge in [-0.15, -0.1) is 0 Å². The molecule has 0 N–H and O–H groups in total. The van der Waals surface area contributed by atoms with E-state index in [9.17, 15) is 0 Å². The van der Waals surface area contributed by atoms with Gasteiger partial charge in [-0.25, -0.2) is 0 Å². The van der Waals surface area contributed by atoms with E-state index in [0.29, 0.717) is 0 Å². The third-order valence-corrected chi connectivity index (χ3v) is 2.06. The molecule has 0 unspecified atom stereocenters. The summed E-state index contributed by atoms with van der Waals surface area (Å²) in [6, 6.07) is 17.8. The molecule has 1 nitrogen and oxygen atoms in total. The summed E-state index contributed by atoms with van der Waals surface area (Å²) in [5, 5.41) is 0. The number of benzene rings is 2. The van der Waals surface area contributed by atoms with E-state index < -0.39 is 0 Å². The van der Waals surface area contributed by atoms with E-state index in [1.165, 1.54) is 0 Å². The predicted octanol–water partition coefficient (Wildman–Crippen LogP) is 2.27. The van der Waals surface area contributed by atoms with Crippen LogP contribution < -0.4 is 8.97 Å². The summed E-state index contributed by atoms with van der Waals surface area (Å²) < 4.78 is 6.86. The Bertz CT molecular complexity index is 412. The average Bonchev–Trinajstić information content (AvgIpc) is 2.23. The Balaban J connectivity index is 2.24. The number of hydrogen-bond acceptors (Lipinski definition) is 1. The molecule has 0 aliphatic rings. The van der Waals surface area contributed by atoms with Crippen LogP contribution in [0.5, 0.6) is 11.5 Å². The summed E-state index contributed by atoms with van der Waals surface area (Å²) in [5.74, 6) is 1.79. The SMILES string of the molecule is [Li][c]1ccccc1Oc1ccccc1. The summed E-state index contributed by atoms with van der Waals surface area (Å²) in [6.07, 6.45) is 0. The molecule has 0 amide bonds. The van der Waals surface area contributed by atoms with Gasteiger partial charge >= 0.3 is 92.8 Å². The average molecular weight is 176 g/mol. The molecule has 0 atom stereocenters. The van der Waals surface area contributed by atoms with Crippen LogP contribution in [-0.4, -0.2) is 17.7 Å². The number of ether oxygens (including phenoxy) is 1. The van der Waals surface area contributed by atoms with E-state index in [4.69, 9.17) is 4.74 Å². The van der Waals surface area contributed by atoms with Crippen molar-refractivity contribution in [3.8, 4) is 11.5 Å². The van der Waals surface area contributed by atoms with Gasteiger partial charge in [0.15, 0.2) is 0 Å². The van der Waals surface area contributed by atoms with Gasteiger partial charge in [0.05, 0.1) is 0 Å². The van der Waals surface area contributed by atoms with Gasteiger partial charge in [0.25, 0.3) is 0 Å². The minimum atomic E-state index is 0.877. The molecule has 0 saturated heterocycles. The summed E-state index contributed by atoms with van der Waals surface area (Å²) >= 11 is 2.04. The fraction of sp³-hybridized carbons (Fsp3) is 0. The van der Waals surface area contributed by atoms with Crippen molar-refractivity contribution >= 4 is 22.0 Å². The molecule has 64 valence electrons. The molecule has 0 bridgehead atoms. The van der Waals surface area contributed by atoms with Gasteiger partial charge in [0.1, 0.15) is 0 Å². The van der Waals surface area contributed by atoms with Crippen LogP contribution in [0.3, 0.4) is 0 Å². The molecule has 0 saturated carbocycles. The summed E-state index contributed by atoms with van der Waals surface area (Å²) in [6.45, 7) is 0. The first-order chi connectivity index (χ1) is 6.86. The van der Waals surface area contributed by atoms with Crippen molar-refractivity contribution in [3.63, 3.8) is 0 Å². The second-order valence-electron chi connectivity index (χ2n) is 3.18. The van der Waals surface area contributed by atoms with Crippen LogP contribution in [0.4, 0.5) is 0 Å². The van der Waals surface area contributed by atoms with Crippen LogP contribution in [0.25, 0.3) is 0 Å². The zero-order valence-electron chi connectivity index (χ0n) is 8.10. The zero-order valence-corrected chi connectivity index (χ0v) is 8.10. The van der Waals surface area contributed by atoms with E-state index in [0.717, 1.165) is 15.7 Å². The van der Waals surface area contributed by atoms with Gasteiger partial charge in [0, 0.05) is 0 Å². The van der Waals surface area contributed by atoms with Crippen LogP contribution in [0, 0.1) is 0 Å². The molecule has 2 aromatic rings. The Kier molecular flexibility index (Phi) is 2.93. The quantitative estimate of drug-likeness (QED) is 0.638. The fourth-order valence-corrected chi connectivity index (χ4v) is 1.29. The van der Waals surface area contributed by atoms with Gasteiger partial charge in [-0.3, -0.25) is 0 Å². The summed E-state index contributed by atoms with van der Waals surface area (Å²) in [7, 11) is 0. The van der Waals surface area contributed by atoms with Gasteiger partial charge < -0.3 is 0 Å². The Labute approximate surface area is 92.9 Å². The molecule has 2 aromatic carbocycles. The third kappa shape index (κ3) is 2.20. The Morgan fingerprint density at radius 3 is 2.14 bits per heavy atom. The topological polar surface area (TPSA) is 9.23 Å². The van der Waals surface area contributed by atoms with Crippen LogP contribution >= 0.6 is 0 Å². The Hall–Kier alpha value is -1.16. The van der Waals surface area contributed by atoms with Crippen LogP contribution in [-0.2, 0) is 0 Å². The number of rotatable bonds is 2. The van der Waals surface area contributed by atoms with Crippen molar-refractivity contribution < 1.29 is 4.74 Å². The summed E-state index contributed by atoms with van der Waals surface area (Å²) in [5.41, 5.74) is 0. The van der Waals surface area contributed by atoms with E-state index in [1.807, 2.05) is 72.3 Å². The Morgan fingerprint density at radius 2 is 1.43 bits per heavy atom. The second-order valence-corrected chi connectivity index (χ2v) is 3.18. The molecule has 0 aliphatic heterocycles. The van der Waals surface area contributed by atoms with E-state index in [1.54, 1.807) is 0 Å². The van der Waals surface area contributed by atoms with Crippen molar-refractivity contribution in [2.24, 2.45) is 0 Å². The molecule has 0 radical (unpaired) electrons. The van der Waals surface area contributed by atoms with Crippen LogP contribution in [0.1, 0.15) is 0 Å². The molecule has 2 rings (SSSR count). The standard InChI is InChI=1S/C12H9O.Li/c1-3-7-11(8-4-1)13-12-9-5-2-6-10-12;/h1-9H;. The molecule has 14 heavy (non-hydrogen) atoms. The molecular weight excluding hydrogens is 167 g/mol. The third-order valence-electron chi connectivity index (χ3n) is 2.06. The normalized spacial score (nSPS) is 9.86. The zero-order chi connectivity index (χ0) is 9.80. The Morgan fingerprint density at radius 1 is 0.786 bits per heavy atom. The molecule has 2 heteroatoms. The van der Waals surface area contributed by atoms with E-state index in [2.05, 4.69) is 0 Å². The predicted molar refractivity (Wildman–Crippen MR) is 58.3 cm³/mol. The molecule has 0 aromatic heterocycles. The molecule has 0 spiro atoms. The maximum absolute atomic E-state index is 5.71. The van der Waals surface area contributed by atoms with E-state index in [-0.39, 0.29) is 0 Å². The minimum absolute atomic E-state index is 0.877. The van der Waals surface area contributed by atoms with Gasteiger partial charge in [-0.2, -0.15) is 0 Å². The summed E-state index contributed by atoms with van der Waals surface area (Å²) in [4.78, 5) is 0. The second kappa shape index (κ2) is 4.37. The van der Waals surface area contributed by atoms with Crippen molar-refractivity contribution in [1.29, 1.82) is 0 Å². The van der Waals surface area contributed by atoms with Crippen molar-refractivity contribution in [2.45, 2.75) is 0 Å². The van der Waals surface area contributed by atoms with Crippen molar-refractivity contribution in [1.82, 2.24) is 0 Å². The van der Waals surface area contributed by atoms with Gasteiger partial charge in [-0.1, -0.05) is 0 Å². The van der Waals surface area contributed by atoms with Crippen LogP contribution in [0.2, 0.25) is 0 Å². The number of hydrogen-bond donors (Lipinski definition) is 0. The van der Waals surface area contributed by atoms with Crippen LogP contribution in [0.15, 0.2) is 54.6 Å².